The average molecular weight is 458 g/mol. The molecule has 3 rings (SSSR count). The summed E-state index contributed by atoms with van der Waals surface area (Å²) in [6, 6.07) is 4.27. The summed E-state index contributed by atoms with van der Waals surface area (Å²) in [6.07, 6.45) is 4.27. The summed E-state index contributed by atoms with van der Waals surface area (Å²) >= 11 is 6.11. The third-order valence-electron chi connectivity index (χ3n) is 4.49. The number of carboxylic acids is 1. The van der Waals surface area contributed by atoms with Crippen molar-refractivity contribution in [2.45, 2.75) is 50.0 Å². The van der Waals surface area contributed by atoms with Crippen LogP contribution in [0, 0.1) is 0 Å². The van der Waals surface area contributed by atoms with Gasteiger partial charge in [-0.2, -0.15) is 4.72 Å². The minimum atomic E-state index is -4.07. The number of carbonyl (C=O) groups is 1. The predicted molar refractivity (Wildman–Crippen MR) is 120 cm³/mol. The molecule has 0 saturated heterocycles. The number of nitrogens with one attached hydrogen (secondary N) is 1. The molecule has 0 spiro atoms. The molecule has 0 bridgehead atoms. The molecular weight excluding hydrogens is 430 g/mol. The number of rotatable bonds is 5. The molecule has 1 aromatic carbocycles. The van der Waals surface area contributed by atoms with E-state index in [9.17, 15) is 18.3 Å². The minimum Gasteiger partial charge on any atom is -0.480 e. The molecule has 11 heteroatoms. The molecule has 0 radical (unpaired) electrons. The van der Waals surface area contributed by atoms with Gasteiger partial charge in [-0.15, -0.1) is 0 Å². The number of carboxylic acid groups (broad SMARTS) is 1. The standard InChI is InChI=1S/C16H17ClN4O4S.C2H6.CH5N/c17-13-8-19-14(20-9-18)12-7-10(3-4-11(12)13)26(24,25)21-16(15(22)23)5-1-2-6-16;2*1-2/h3-4,7-9,21H,1-2,5-6H2,(H,22,23)(H2,18,19,20);1-2H3;2H2,1H3. The van der Waals surface area contributed by atoms with E-state index in [1.54, 1.807) is 0 Å². The fourth-order valence-electron chi connectivity index (χ4n) is 3.17. The first-order chi connectivity index (χ1) is 14.3. The van der Waals surface area contributed by atoms with Crippen molar-refractivity contribution in [3.8, 4) is 0 Å². The molecule has 1 fully saturated rings. The van der Waals surface area contributed by atoms with E-state index in [-0.39, 0.29) is 23.6 Å². The lowest BCUT2D eigenvalue weighted by molar-refractivity contribution is -0.143. The maximum absolute atomic E-state index is 12.8. The summed E-state index contributed by atoms with van der Waals surface area (Å²) in [5.41, 5.74) is 8.34. The summed E-state index contributed by atoms with van der Waals surface area (Å²) in [7, 11) is -2.57. The molecule has 1 heterocycles. The third-order valence-corrected chi connectivity index (χ3v) is 6.33. The van der Waals surface area contributed by atoms with Crippen molar-refractivity contribution < 1.29 is 18.3 Å². The van der Waals surface area contributed by atoms with Gasteiger partial charge in [0.05, 0.1) is 16.3 Å². The third kappa shape index (κ3) is 5.45. The van der Waals surface area contributed by atoms with Gasteiger partial charge in [-0.05, 0) is 32.0 Å². The van der Waals surface area contributed by atoms with E-state index in [0.29, 0.717) is 28.6 Å². The van der Waals surface area contributed by atoms with Crippen LogP contribution in [0.2, 0.25) is 5.02 Å². The quantitative estimate of drug-likeness (QED) is 0.396. The first kappa shape index (κ1) is 25.8. The Hall–Kier alpha value is -2.27. The van der Waals surface area contributed by atoms with Crippen molar-refractivity contribution in [3.05, 3.63) is 29.4 Å². The first-order valence-electron chi connectivity index (χ1n) is 9.47. The van der Waals surface area contributed by atoms with Crippen molar-refractivity contribution >= 4 is 50.5 Å². The zero-order chi connectivity index (χ0) is 22.9. The molecule has 1 aliphatic carbocycles. The second-order valence-corrected chi connectivity index (χ2v) is 8.20. The van der Waals surface area contributed by atoms with Gasteiger partial charge in [0.1, 0.15) is 5.54 Å². The number of halogens is 1. The van der Waals surface area contributed by atoms with E-state index in [4.69, 9.17) is 17.3 Å². The number of aliphatic imine (C=N–C) groups is 1. The smallest absolute Gasteiger partial charge is 0.324 e. The summed E-state index contributed by atoms with van der Waals surface area (Å²) < 4.78 is 28.0. The highest BCUT2D eigenvalue weighted by Crippen LogP contribution is 2.34. The van der Waals surface area contributed by atoms with Crippen LogP contribution in [0.15, 0.2) is 34.3 Å². The zero-order valence-electron chi connectivity index (χ0n) is 17.2. The lowest BCUT2D eigenvalue weighted by Crippen LogP contribution is -2.52. The highest BCUT2D eigenvalue weighted by molar-refractivity contribution is 7.89. The highest BCUT2D eigenvalue weighted by atomic mass is 35.5. The van der Waals surface area contributed by atoms with E-state index in [1.165, 1.54) is 31.4 Å². The van der Waals surface area contributed by atoms with Crippen LogP contribution in [-0.2, 0) is 14.8 Å². The second kappa shape index (κ2) is 11.2. The molecule has 1 aliphatic rings. The predicted octanol–water partition coefficient (Wildman–Crippen LogP) is 2.78. The number of nitrogens with zero attached hydrogens (tertiary/aromatic N) is 2. The maximum atomic E-state index is 12.8. The second-order valence-electron chi connectivity index (χ2n) is 6.12. The Bertz CT molecular complexity index is 1010. The Morgan fingerprint density at radius 2 is 1.87 bits per heavy atom. The summed E-state index contributed by atoms with van der Waals surface area (Å²) in [6.45, 7) is 4.00. The van der Waals surface area contributed by atoms with Crippen LogP contribution < -0.4 is 16.2 Å². The number of nitrogens with two attached hydrogens (primary N) is 2. The Morgan fingerprint density at radius 3 is 2.40 bits per heavy atom. The molecule has 166 valence electrons. The van der Waals surface area contributed by atoms with Crippen molar-refractivity contribution in [1.29, 1.82) is 0 Å². The molecule has 30 heavy (non-hydrogen) atoms. The van der Waals surface area contributed by atoms with Crippen molar-refractivity contribution in [2.24, 2.45) is 16.5 Å². The van der Waals surface area contributed by atoms with Gasteiger partial charge in [0, 0.05) is 17.0 Å². The van der Waals surface area contributed by atoms with E-state index < -0.39 is 21.5 Å². The number of fused-ring (bicyclic) bond motifs is 1. The van der Waals surface area contributed by atoms with Gasteiger partial charge in [0.15, 0.2) is 5.82 Å². The molecule has 9 nitrogen and oxygen atoms in total. The van der Waals surface area contributed by atoms with E-state index in [1.807, 2.05) is 13.8 Å². The Kier molecular flexibility index (Phi) is 9.63. The lowest BCUT2D eigenvalue weighted by atomic mass is 10.0. The Balaban J connectivity index is 0.00000106. The van der Waals surface area contributed by atoms with Gasteiger partial charge in [-0.1, -0.05) is 44.4 Å². The van der Waals surface area contributed by atoms with Crippen LogP contribution in [-0.4, -0.2) is 43.4 Å². The fourth-order valence-corrected chi connectivity index (χ4v) is 4.83. The Labute approximate surface area is 181 Å². The van der Waals surface area contributed by atoms with Crippen LogP contribution in [0.4, 0.5) is 5.82 Å². The van der Waals surface area contributed by atoms with Crippen LogP contribution in [0.1, 0.15) is 39.5 Å². The molecule has 0 aliphatic heterocycles. The molecule has 0 amide bonds. The topological polar surface area (TPSA) is 161 Å². The van der Waals surface area contributed by atoms with E-state index >= 15 is 0 Å². The van der Waals surface area contributed by atoms with Gasteiger partial charge in [-0.3, -0.25) is 4.79 Å². The van der Waals surface area contributed by atoms with Crippen LogP contribution in [0.3, 0.4) is 0 Å². The zero-order valence-corrected chi connectivity index (χ0v) is 18.8. The molecule has 6 N–H and O–H groups in total. The van der Waals surface area contributed by atoms with Crippen molar-refractivity contribution in [3.63, 3.8) is 0 Å². The summed E-state index contributed by atoms with van der Waals surface area (Å²) in [4.78, 5) is 19.5. The van der Waals surface area contributed by atoms with E-state index in [0.717, 1.165) is 6.34 Å². The summed E-state index contributed by atoms with van der Waals surface area (Å²) in [5.74, 6) is -0.949. The number of hydrogen-bond acceptors (Lipinski definition) is 6. The van der Waals surface area contributed by atoms with Crippen LogP contribution in [0.5, 0.6) is 0 Å². The normalized spacial score (nSPS) is 15.2. The SMILES string of the molecule is CC.CN.NC=Nc1ncc(Cl)c2ccc(S(=O)(=O)NC3(C(=O)O)CCCC3)cc12. The lowest BCUT2D eigenvalue weighted by Gasteiger charge is -2.25. The van der Waals surface area contributed by atoms with Crippen LogP contribution >= 0.6 is 11.6 Å². The number of sulfonamides is 1. The minimum absolute atomic E-state index is 0.0879. The van der Waals surface area contributed by atoms with Gasteiger partial charge < -0.3 is 16.6 Å². The average Bonchev–Trinajstić information content (AvgIpc) is 3.22. The first-order valence-corrected chi connectivity index (χ1v) is 11.3. The molecular formula is C19H28ClN5O4S. The monoisotopic (exact) mass is 457 g/mol. The van der Waals surface area contributed by atoms with E-state index in [2.05, 4.69) is 20.4 Å². The molecule has 2 aromatic rings. The van der Waals surface area contributed by atoms with Crippen molar-refractivity contribution in [1.82, 2.24) is 9.71 Å². The number of hydrogen-bond donors (Lipinski definition) is 4. The fraction of sp³-hybridized carbons (Fsp3) is 0.421. The van der Waals surface area contributed by atoms with Gasteiger partial charge >= 0.3 is 5.97 Å². The highest BCUT2D eigenvalue weighted by Gasteiger charge is 2.44. The van der Waals surface area contributed by atoms with Crippen LogP contribution in [0.25, 0.3) is 10.8 Å². The van der Waals surface area contributed by atoms with Gasteiger partial charge in [-0.25, -0.2) is 18.4 Å². The summed E-state index contributed by atoms with van der Waals surface area (Å²) in [5, 5.41) is 10.8. The number of pyridine rings is 1. The number of aromatic nitrogens is 1. The molecule has 1 saturated carbocycles. The molecule has 1 aromatic heterocycles. The number of aliphatic carboxylic acids is 1. The van der Waals surface area contributed by atoms with Crippen molar-refractivity contribution in [2.75, 3.05) is 7.05 Å². The number of benzene rings is 1. The molecule has 0 atom stereocenters. The maximum Gasteiger partial charge on any atom is 0.324 e. The van der Waals surface area contributed by atoms with Gasteiger partial charge in [0.2, 0.25) is 10.0 Å². The largest absolute Gasteiger partial charge is 0.480 e. The Morgan fingerprint density at radius 1 is 1.27 bits per heavy atom. The van der Waals surface area contributed by atoms with Gasteiger partial charge in [0.25, 0.3) is 0 Å². The molecule has 0 unspecified atom stereocenters.